The molecule has 0 aliphatic carbocycles. The van der Waals surface area contributed by atoms with Gasteiger partial charge in [-0.05, 0) is 66.4 Å². The molecule has 0 unspecified atom stereocenters. The quantitative estimate of drug-likeness (QED) is 0.0976. The summed E-state index contributed by atoms with van der Waals surface area (Å²) in [5.74, 6) is -2.29. The van der Waals surface area contributed by atoms with E-state index >= 15 is 0 Å². The summed E-state index contributed by atoms with van der Waals surface area (Å²) in [6.45, 7) is 5.49. The SMILES string of the molecule is CCCCCOc1ccc(C(=O)Oc2ccc3cc([C@H](C)C(=O)OC[C@@H](F)[C@H](F)CCCCC)ccc3c2)cc1F. The minimum Gasteiger partial charge on any atom is -0.491 e. The molecular formula is C33H39F3O5. The summed E-state index contributed by atoms with van der Waals surface area (Å²) >= 11 is 0. The Morgan fingerprint density at radius 2 is 1.54 bits per heavy atom. The van der Waals surface area contributed by atoms with Crippen LogP contribution in [0.15, 0.2) is 54.6 Å². The van der Waals surface area contributed by atoms with Crippen LogP contribution in [-0.2, 0) is 9.53 Å². The van der Waals surface area contributed by atoms with Crippen molar-refractivity contribution in [2.24, 2.45) is 0 Å². The van der Waals surface area contributed by atoms with Crippen LogP contribution in [0.25, 0.3) is 10.8 Å². The van der Waals surface area contributed by atoms with Crippen LogP contribution in [0.2, 0.25) is 0 Å². The Kier molecular flexibility index (Phi) is 12.5. The molecule has 0 bridgehead atoms. The van der Waals surface area contributed by atoms with Crippen molar-refractivity contribution in [2.75, 3.05) is 13.2 Å². The van der Waals surface area contributed by atoms with Gasteiger partial charge in [0.2, 0.25) is 0 Å². The number of ether oxygens (including phenoxy) is 3. The highest BCUT2D eigenvalue weighted by atomic mass is 19.2. The lowest BCUT2D eigenvalue weighted by Crippen LogP contribution is -2.26. The molecule has 0 amide bonds. The number of rotatable bonds is 16. The number of carbonyl (C=O) groups excluding carboxylic acids is 2. The number of unbranched alkanes of at least 4 members (excludes halogenated alkanes) is 4. The molecule has 222 valence electrons. The van der Waals surface area contributed by atoms with E-state index in [2.05, 4.69) is 6.92 Å². The van der Waals surface area contributed by atoms with Crippen molar-refractivity contribution in [2.45, 2.75) is 84.0 Å². The van der Waals surface area contributed by atoms with E-state index in [1.807, 2.05) is 6.92 Å². The molecule has 8 heteroatoms. The highest BCUT2D eigenvalue weighted by molar-refractivity contribution is 5.92. The van der Waals surface area contributed by atoms with E-state index < -0.39 is 42.6 Å². The fraction of sp³-hybridized carbons (Fsp3) is 0.455. The Morgan fingerprint density at radius 1 is 0.829 bits per heavy atom. The lowest BCUT2D eigenvalue weighted by molar-refractivity contribution is -0.147. The maximum atomic E-state index is 14.4. The Balaban J connectivity index is 1.58. The van der Waals surface area contributed by atoms with Crippen LogP contribution in [0.1, 0.15) is 87.6 Å². The van der Waals surface area contributed by atoms with Crippen molar-refractivity contribution in [3.05, 3.63) is 71.5 Å². The number of esters is 2. The van der Waals surface area contributed by atoms with E-state index in [0.29, 0.717) is 18.6 Å². The second-order valence-corrected chi connectivity index (χ2v) is 10.2. The van der Waals surface area contributed by atoms with Crippen LogP contribution in [0.3, 0.4) is 0 Å². The highest BCUT2D eigenvalue weighted by Gasteiger charge is 2.24. The number of halogens is 3. The van der Waals surface area contributed by atoms with Gasteiger partial charge < -0.3 is 14.2 Å². The maximum absolute atomic E-state index is 14.4. The molecule has 3 aromatic carbocycles. The van der Waals surface area contributed by atoms with E-state index in [1.165, 1.54) is 12.1 Å². The third-order valence-electron chi connectivity index (χ3n) is 6.93. The van der Waals surface area contributed by atoms with Crippen molar-refractivity contribution < 1.29 is 37.0 Å². The number of alkyl halides is 2. The van der Waals surface area contributed by atoms with Gasteiger partial charge >= 0.3 is 11.9 Å². The molecule has 0 radical (unpaired) electrons. The van der Waals surface area contributed by atoms with Gasteiger partial charge in [0.1, 0.15) is 18.5 Å². The maximum Gasteiger partial charge on any atom is 0.343 e. The molecule has 3 atom stereocenters. The lowest BCUT2D eigenvalue weighted by atomic mass is 9.98. The molecular weight excluding hydrogens is 533 g/mol. The van der Waals surface area contributed by atoms with Crippen molar-refractivity contribution in [3.63, 3.8) is 0 Å². The van der Waals surface area contributed by atoms with E-state index in [-0.39, 0.29) is 23.5 Å². The predicted molar refractivity (Wildman–Crippen MR) is 154 cm³/mol. The molecule has 0 aromatic heterocycles. The summed E-state index contributed by atoms with van der Waals surface area (Å²) in [5.41, 5.74) is 0.705. The summed E-state index contributed by atoms with van der Waals surface area (Å²) in [5, 5.41) is 1.53. The Bertz CT molecular complexity index is 1300. The third kappa shape index (κ3) is 9.51. The van der Waals surface area contributed by atoms with Crippen LogP contribution >= 0.6 is 0 Å². The molecule has 0 fully saturated rings. The third-order valence-corrected chi connectivity index (χ3v) is 6.93. The number of fused-ring (bicyclic) bond motifs is 1. The number of hydrogen-bond donors (Lipinski definition) is 0. The summed E-state index contributed by atoms with van der Waals surface area (Å²) in [6.07, 6.45) is 1.81. The van der Waals surface area contributed by atoms with Crippen LogP contribution < -0.4 is 9.47 Å². The van der Waals surface area contributed by atoms with E-state index in [4.69, 9.17) is 14.2 Å². The molecule has 0 saturated carbocycles. The Hall–Kier alpha value is -3.55. The predicted octanol–water partition coefficient (Wildman–Crippen LogP) is 8.67. The van der Waals surface area contributed by atoms with Gasteiger partial charge in [-0.25, -0.2) is 18.0 Å². The fourth-order valence-corrected chi connectivity index (χ4v) is 4.32. The lowest BCUT2D eigenvalue weighted by Gasteiger charge is -2.16. The summed E-state index contributed by atoms with van der Waals surface area (Å²) < 4.78 is 58.4. The van der Waals surface area contributed by atoms with Crippen LogP contribution in [0, 0.1) is 5.82 Å². The molecule has 0 heterocycles. The zero-order chi connectivity index (χ0) is 29.8. The molecule has 3 rings (SSSR count). The molecule has 3 aromatic rings. The van der Waals surface area contributed by atoms with Crippen LogP contribution in [-0.4, -0.2) is 37.5 Å². The largest absolute Gasteiger partial charge is 0.491 e. The van der Waals surface area contributed by atoms with Gasteiger partial charge in [-0.15, -0.1) is 0 Å². The molecule has 0 aliphatic rings. The van der Waals surface area contributed by atoms with E-state index in [1.54, 1.807) is 43.3 Å². The van der Waals surface area contributed by atoms with Gasteiger partial charge in [0.25, 0.3) is 0 Å². The van der Waals surface area contributed by atoms with E-state index in [0.717, 1.165) is 48.9 Å². The van der Waals surface area contributed by atoms with Gasteiger partial charge in [-0.2, -0.15) is 0 Å². The first kappa shape index (κ1) is 32.0. The molecule has 0 N–H and O–H groups in total. The minimum absolute atomic E-state index is 0.0572. The fourth-order valence-electron chi connectivity index (χ4n) is 4.32. The first-order valence-corrected chi connectivity index (χ1v) is 14.4. The average molecular weight is 573 g/mol. The van der Waals surface area contributed by atoms with Gasteiger partial charge in [-0.3, -0.25) is 4.79 Å². The normalized spacial score (nSPS) is 13.4. The molecule has 0 aliphatic heterocycles. The number of hydrogen-bond acceptors (Lipinski definition) is 5. The topological polar surface area (TPSA) is 61.8 Å². The second-order valence-electron chi connectivity index (χ2n) is 10.2. The zero-order valence-electron chi connectivity index (χ0n) is 24.0. The highest BCUT2D eigenvalue weighted by Crippen LogP contribution is 2.27. The van der Waals surface area contributed by atoms with Gasteiger partial charge in [0.15, 0.2) is 17.7 Å². The van der Waals surface area contributed by atoms with Crippen LogP contribution in [0.5, 0.6) is 11.5 Å². The van der Waals surface area contributed by atoms with E-state index in [9.17, 15) is 22.8 Å². The smallest absolute Gasteiger partial charge is 0.343 e. The molecule has 0 spiro atoms. The summed E-state index contributed by atoms with van der Waals surface area (Å²) in [7, 11) is 0. The Morgan fingerprint density at radius 3 is 2.27 bits per heavy atom. The van der Waals surface area contributed by atoms with Gasteiger partial charge in [-0.1, -0.05) is 70.2 Å². The van der Waals surface area contributed by atoms with Crippen molar-refractivity contribution >= 4 is 22.7 Å². The average Bonchev–Trinajstić information content (AvgIpc) is 2.97. The summed E-state index contributed by atoms with van der Waals surface area (Å²) in [4.78, 5) is 25.1. The van der Waals surface area contributed by atoms with Crippen molar-refractivity contribution in [1.82, 2.24) is 0 Å². The van der Waals surface area contributed by atoms with Gasteiger partial charge in [0, 0.05) is 0 Å². The standard InChI is InChI=1S/C33H39F3O5/c1-4-6-8-10-28(34)30(36)21-40-32(37)22(3)23-11-12-25-19-27(15-13-24(25)18-23)41-33(38)26-14-16-31(29(35)20-26)39-17-9-7-5-2/h11-16,18-20,22,28,30H,4-10,17,21H2,1-3H3/t22-,28+,30+/m0/s1. The summed E-state index contributed by atoms with van der Waals surface area (Å²) in [6, 6.07) is 14.2. The van der Waals surface area contributed by atoms with Crippen molar-refractivity contribution in [3.8, 4) is 11.5 Å². The monoisotopic (exact) mass is 572 g/mol. The first-order chi connectivity index (χ1) is 19.7. The zero-order valence-corrected chi connectivity index (χ0v) is 24.0. The van der Waals surface area contributed by atoms with Crippen molar-refractivity contribution in [1.29, 1.82) is 0 Å². The van der Waals surface area contributed by atoms with Crippen LogP contribution in [0.4, 0.5) is 13.2 Å². The minimum atomic E-state index is -1.85. The number of benzene rings is 3. The molecule has 41 heavy (non-hydrogen) atoms. The molecule has 0 saturated heterocycles. The molecule has 5 nitrogen and oxygen atoms in total. The number of carbonyl (C=O) groups is 2. The van der Waals surface area contributed by atoms with Gasteiger partial charge in [0.05, 0.1) is 18.1 Å². The first-order valence-electron chi connectivity index (χ1n) is 14.4. The Labute approximate surface area is 240 Å². The second kappa shape index (κ2) is 16.0.